The molecule has 1 aliphatic carbocycles. The second-order valence-corrected chi connectivity index (χ2v) is 7.00. The number of nitrogens with one attached hydrogen (secondary N) is 1. The molecule has 1 saturated carbocycles. The van der Waals surface area contributed by atoms with E-state index in [1.165, 1.54) is 32.1 Å². The van der Waals surface area contributed by atoms with Crippen molar-refractivity contribution in [2.75, 3.05) is 13.1 Å². The predicted octanol–water partition coefficient (Wildman–Crippen LogP) is 3.75. The number of hydrogen-bond acceptors (Lipinski definition) is 2. The van der Waals surface area contributed by atoms with E-state index >= 15 is 0 Å². The van der Waals surface area contributed by atoms with Crippen molar-refractivity contribution in [1.82, 2.24) is 10.3 Å². The fraction of sp³-hybridized carbons (Fsp3) is 0.667. The molecule has 0 bridgehead atoms. The van der Waals surface area contributed by atoms with Crippen LogP contribution in [-0.4, -0.2) is 24.0 Å². The molecule has 1 aromatic heterocycles. The zero-order valence-corrected chi connectivity index (χ0v) is 16.8. The largest absolute Gasteiger partial charge is 0.370 e. The summed E-state index contributed by atoms with van der Waals surface area (Å²) in [5, 5.41) is 3.21. The van der Waals surface area contributed by atoms with Crippen LogP contribution in [0.3, 0.4) is 0 Å². The van der Waals surface area contributed by atoms with Crippen LogP contribution in [0.1, 0.15) is 51.6 Å². The molecular formula is C18H31IN4. The highest BCUT2D eigenvalue weighted by Gasteiger charge is 2.34. The van der Waals surface area contributed by atoms with Crippen molar-refractivity contribution in [3.8, 4) is 0 Å². The minimum absolute atomic E-state index is 0. The third kappa shape index (κ3) is 7.06. The molecule has 4 nitrogen and oxygen atoms in total. The minimum atomic E-state index is 0. The van der Waals surface area contributed by atoms with Crippen molar-refractivity contribution in [3.63, 3.8) is 0 Å². The molecule has 0 aromatic carbocycles. The maximum absolute atomic E-state index is 6.02. The lowest BCUT2D eigenvalue weighted by atomic mass is 9.78. The second-order valence-electron chi connectivity index (χ2n) is 7.00. The molecule has 2 rings (SSSR count). The van der Waals surface area contributed by atoms with Gasteiger partial charge in [0, 0.05) is 31.4 Å². The summed E-state index contributed by atoms with van der Waals surface area (Å²) in [5.74, 6) is 1.30. The summed E-state index contributed by atoms with van der Waals surface area (Å²) in [7, 11) is 0. The van der Waals surface area contributed by atoms with Crippen LogP contribution >= 0.6 is 24.0 Å². The van der Waals surface area contributed by atoms with E-state index in [2.05, 4.69) is 29.1 Å². The van der Waals surface area contributed by atoms with E-state index in [1.807, 2.05) is 24.4 Å². The van der Waals surface area contributed by atoms with Crippen molar-refractivity contribution in [2.45, 2.75) is 52.4 Å². The van der Waals surface area contributed by atoms with E-state index in [0.29, 0.717) is 11.4 Å². The third-order valence-corrected chi connectivity index (χ3v) is 4.50. The van der Waals surface area contributed by atoms with Crippen LogP contribution in [0.25, 0.3) is 0 Å². The highest BCUT2D eigenvalue weighted by molar-refractivity contribution is 14.0. The van der Waals surface area contributed by atoms with Crippen molar-refractivity contribution >= 4 is 29.9 Å². The fourth-order valence-electron chi connectivity index (χ4n) is 3.59. The van der Waals surface area contributed by atoms with E-state index < -0.39 is 0 Å². The molecule has 1 fully saturated rings. The van der Waals surface area contributed by atoms with Crippen molar-refractivity contribution in [2.24, 2.45) is 22.1 Å². The summed E-state index contributed by atoms with van der Waals surface area (Å²) in [6.45, 7) is 6.26. The Kier molecular flexibility index (Phi) is 8.87. The number of hydrogen-bond donors (Lipinski definition) is 2. The lowest BCUT2D eigenvalue weighted by Crippen LogP contribution is -2.35. The van der Waals surface area contributed by atoms with Gasteiger partial charge in [0.2, 0.25) is 0 Å². The molecule has 0 spiro atoms. The van der Waals surface area contributed by atoms with E-state index in [1.54, 1.807) is 0 Å². The molecule has 0 aliphatic heterocycles. The summed E-state index contributed by atoms with van der Waals surface area (Å²) in [6, 6.07) is 5.98. The van der Waals surface area contributed by atoms with Gasteiger partial charge in [-0.3, -0.25) is 9.98 Å². The van der Waals surface area contributed by atoms with Gasteiger partial charge in [-0.05, 0) is 42.7 Å². The molecule has 130 valence electrons. The first-order chi connectivity index (χ1) is 10.6. The van der Waals surface area contributed by atoms with Crippen LogP contribution in [0.4, 0.5) is 0 Å². The number of nitrogens with zero attached hydrogens (tertiary/aromatic N) is 2. The Labute approximate surface area is 157 Å². The molecule has 3 N–H and O–H groups in total. The van der Waals surface area contributed by atoms with Gasteiger partial charge in [-0.2, -0.15) is 0 Å². The third-order valence-electron chi connectivity index (χ3n) is 4.50. The van der Waals surface area contributed by atoms with Gasteiger partial charge >= 0.3 is 0 Å². The molecule has 5 heteroatoms. The maximum atomic E-state index is 6.02. The predicted molar refractivity (Wildman–Crippen MR) is 108 cm³/mol. The summed E-state index contributed by atoms with van der Waals surface area (Å²) in [6.07, 6.45) is 9.24. The summed E-state index contributed by atoms with van der Waals surface area (Å²) in [4.78, 5) is 8.93. The lowest BCUT2D eigenvalue weighted by Gasteiger charge is -2.29. The topological polar surface area (TPSA) is 63.3 Å². The molecule has 1 aromatic rings. The van der Waals surface area contributed by atoms with Gasteiger partial charge in [-0.1, -0.05) is 32.8 Å². The lowest BCUT2D eigenvalue weighted by molar-refractivity contribution is 0.245. The molecule has 0 saturated heterocycles. The Bertz CT molecular complexity index is 467. The Morgan fingerprint density at radius 2 is 2.09 bits per heavy atom. The number of halogens is 1. The molecule has 1 heterocycles. The van der Waals surface area contributed by atoms with Crippen molar-refractivity contribution in [1.29, 1.82) is 0 Å². The van der Waals surface area contributed by atoms with Crippen LogP contribution in [0.2, 0.25) is 0 Å². The number of nitrogens with two attached hydrogens (primary N) is 1. The minimum Gasteiger partial charge on any atom is -0.370 e. The Balaban J connectivity index is 0.00000264. The van der Waals surface area contributed by atoms with E-state index in [9.17, 15) is 0 Å². The maximum Gasteiger partial charge on any atom is 0.188 e. The normalized spacial score (nSPS) is 17.1. The fourth-order valence-corrected chi connectivity index (χ4v) is 3.59. The first-order valence-electron chi connectivity index (χ1n) is 8.53. The molecule has 23 heavy (non-hydrogen) atoms. The second kappa shape index (κ2) is 10.1. The molecule has 0 unspecified atom stereocenters. The number of aliphatic imine (C=N–C) groups is 1. The van der Waals surface area contributed by atoms with Gasteiger partial charge in [0.25, 0.3) is 0 Å². The number of aromatic nitrogens is 1. The van der Waals surface area contributed by atoms with Crippen molar-refractivity contribution < 1.29 is 0 Å². The number of guanidine groups is 1. The van der Waals surface area contributed by atoms with Crippen LogP contribution in [-0.2, 0) is 6.42 Å². The number of pyridine rings is 1. The van der Waals surface area contributed by atoms with Gasteiger partial charge in [-0.15, -0.1) is 24.0 Å². The average Bonchev–Trinajstić information content (AvgIpc) is 2.94. The molecule has 0 atom stereocenters. The monoisotopic (exact) mass is 430 g/mol. The quantitative estimate of drug-likeness (QED) is 0.394. The van der Waals surface area contributed by atoms with Gasteiger partial charge in [0.1, 0.15) is 0 Å². The van der Waals surface area contributed by atoms with Gasteiger partial charge in [-0.25, -0.2) is 0 Å². The first-order valence-corrected chi connectivity index (χ1v) is 8.53. The van der Waals surface area contributed by atoms with Gasteiger partial charge in [0.15, 0.2) is 5.96 Å². The van der Waals surface area contributed by atoms with E-state index in [0.717, 1.165) is 31.1 Å². The van der Waals surface area contributed by atoms with Gasteiger partial charge < -0.3 is 11.1 Å². The standard InChI is InChI=1S/C18H30N4.HI/c1-15(2)13-18(9-4-5-10-18)14-22-17(19)21-12-8-16-7-3-6-11-20-16;/h3,6-7,11,15H,4-5,8-10,12-14H2,1-2H3,(H3,19,21,22);1H. The Hall–Kier alpha value is -0.850. The van der Waals surface area contributed by atoms with E-state index in [4.69, 9.17) is 5.73 Å². The molecule has 0 amide bonds. The zero-order valence-electron chi connectivity index (χ0n) is 14.4. The first kappa shape index (κ1) is 20.2. The van der Waals surface area contributed by atoms with Crippen molar-refractivity contribution in [3.05, 3.63) is 30.1 Å². The summed E-state index contributed by atoms with van der Waals surface area (Å²) < 4.78 is 0. The average molecular weight is 430 g/mol. The smallest absolute Gasteiger partial charge is 0.188 e. The van der Waals surface area contributed by atoms with Gasteiger partial charge in [0.05, 0.1) is 0 Å². The highest BCUT2D eigenvalue weighted by Crippen LogP contribution is 2.43. The van der Waals surface area contributed by atoms with Crippen LogP contribution in [0.15, 0.2) is 29.4 Å². The van der Waals surface area contributed by atoms with Crippen LogP contribution in [0.5, 0.6) is 0 Å². The number of rotatable bonds is 7. The zero-order chi connectivity index (χ0) is 15.8. The Morgan fingerprint density at radius 1 is 1.35 bits per heavy atom. The SMILES string of the molecule is CC(C)CC1(CN=C(N)NCCc2ccccn2)CCCC1.I. The van der Waals surface area contributed by atoms with E-state index in [-0.39, 0.29) is 24.0 Å². The molecule has 0 radical (unpaired) electrons. The summed E-state index contributed by atoms with van der Waals surface area (Å²) >= 11 is 0. The molecule has 1 aliphatic rings. The highest BCUT2D eigenvalue weighted by atomic mass is 127. The van der Waals surface area contributed by atoms with Crippen LogP contribution in [0, 0.1) is 11.3 Å². The Morgan fingerprint density at radius 3 is 2.70 bits per heavy atom. The summed E-state index contributed by atoms with van der Waals surface area (Å²) in [5.41, 5.74) is 7.49. The molecular weight excluding hydrogens is 399 g/mol. The van der Waals surface area contributed by atoms with Crippen LogP contribution < -0.4 is 11.1 Å².